The van der Waals surface area contributed by atoms with Crippen LogP contribution in [0.2, 0.25) is 0 Å². The van der Waals surface area contributed by atoms with Crippen LogP contribution in [0.3, 0.4) is 0 Å². The minimum absolute atomic E-state index is 0.0324. The summed E-state index contributed by atoms with van der Waals surface area (Å²) in [7, 11) is 0. The molecular formula is C19H20N4O3. The van der Waals surface area contributed by atoms with Crippen molar-refractivity contribution >= 4 is 29.1 Å². The molecule has 2 aromatic rings. The smallest absolute Gasteiger partial charge is 0.229 e. The molecule has 0 aliphatic carbocycles. The molecule has 1 unspecified atom stereocenters. The second-order valence-corrected chi connectivity index (χ2v) is 6.28. The standard InChI is InChI=1S/C19H20N4O3/c1-13(24)21-16-4-6-17(7-5-16)22-19(26)15-9-18(25)23(12-15)11-14-3-2-8-20-10-14/h2-8,10,15H,9,11-12H2,1H3,(H,21,24)(H,22,26). The highest BCUT2D eigenvalue weighted by Crippen LogP contribution is 2.22. The van der Waals surface area contributed by atoms with E-state index in [2.05, 4.69) is 15.6 Å². The lowest BCUT2D eigenvalue weighted by Crippen LogP contribution is -2.28. The maximum atomic E-state index is 12.4. The average Bonchev–Trinajstić information content (AvgIpc) is 2.98. The van der Waals surface area contributed by atoms with E-state index in [4.69, 9.17) is 0 Å². The van der Waals surface area contributed by atoms with Crippen LogP contribution < -0.4 is 10.6 Å². The third-order valence-electron chi connectivity index (χ3n) is 4.15. The molecule has 7 nitrogen and oxygen atoms in total. The summed E-state index contributed by atoms with van der Waals surface area (Å²) >= 11 is 0. The fraction of sp³-hybridized carbons (Fsp3) is 0.263. The summed E-state index contributed by atoms with van der Waals surface area (Å²) in [5.41, 5.74) is 2.23. The maximum Gasteiger partial charge on any atom is 0.229 e. The van der Waals surface area contributed by atoms with E-state index in [1.54, 1.807) is 41.6 Å². The third-order valence-corrected chi connectivity index (χ3v) is 4.15. The third kappa shape index (κ3) is 4.44. The van der Waals surface area contributed by atoms with Crippen LogP contribution in [0.5, 0.6) is 0 Å². The Bertz CT molecular complexity index is 805. The summed E-state index contributed by atoms with van der Waals surface area (Å²) in [5, 5.41) is 5.49. The molecule has 0 saturated carbocycles. The molecular weight excluding hydrogens is 332 g/mol. The lowest BCUT2D eigenvalue weighted by molar-refractivity contribution is -0.128. The molecule has 0 spiro atoms. The predicted molar refractivity (Wildman–Crippen MR) is 97.1 cm³/mol. The van der Waals surface area contributed by atoms with Gasteiger partial charge in [0.25, 0.3) is 0 Å². The van der Waals surface area contributed by atoms with E-state index < -0.39 is 0 Å². The number of amides is 3. The van der Waals surface area contributed by atoms with Gasteiger partial charge in [0.2, 0.25) is 17.7 Å². The molecule has 7 heteroatoms. The van der Waals surface area contributed by atoms with Gasteiger partial charge in [-0.05, 0) is 35.9 Å². The summed E-state index contributed by atoms with van der Waals surface area (Å²) in [6.07, 6.45) is 3.61. The van der Waals surface area contributed by atoms with Crippen LogP contribution in [0.4, 0.5) is 11.4 Å². The monoisotopic (exact) mass is 352 g/mol. The lowest BCUT2D eigenvalue weighted by Gasteiger charge is -2.16. The van der Waals surface area contributed by atoms with Gasteiger partial charge >= 0.3 is 0 Å². The van der Waals surface area contributed by atoms with E-state index in [1.807, 2.05) is 12.1 Å². The largest absolute Gasteiger partial charge is 0.337 e. The van der Waals surface area contributed by atoms with Crippen molar-refractivity contribution in [2.75, 3.05) is 17.2 Å². The van der Waals surface area contributed by atoms with Crippen molar-refractivity contribution in [3.63, 3.8) is 0 Å². The number of hydrogen-bond acceptors (Lipinski definition) is 4. The zero-order valence-electron chi connectivity index (χ0n) is 14.4. The molecule has 3 rings (SSSR count). The molecule has 0 radical (unpaired) electrons. The van der Waals surface area contributed by atoms with E-state index >= 15 is 0 Å². The molecule has 1 aliphatic heterocycles. The van der Waals surface area contributed by atoms with Gasteiger partial charge in [-0.25, -0.2) is 0 Å². The Morgan fingerprint density at radius 1 is 1.15 bits per heavy atom. The second-order valence-electron chi connectivity index (χ2n) is 6.28. The summed E-state index contributed by atoms with van der Waals surface area (Å²) in [5.74, 6) is -0.747. The van der Waals surface area contributed by atoms with Crippen LogP contribution in [-0.2, 0) is 20.9 Å². The molecule has 0 bridgehead atoms. The molecule has 1 saturated heterocycles. The normalized spacial score (nSPS) is 16.4. The quantitative estimate of drug-likeness (QED) is 0.861. The highest BCUT2D eigenvalue weighted by molar-refractivity contribution is 5.97. The van der Waals surface area contributed by atoms with E-state index in [-0.39, 0.29) is 30.1 Å². The highest BCUT2D eigenvalue weighted by Gasteiger charge is 2.34. The van der Waals surface area contributed by atoms with Crippen LogP contribution in [0.1, 0.15) is 18.9 Å². The molecule has 1 aromatic heterocycles. The van der Waals surface area contributed by atoms with E-state index in [1.165, 1.54) is 6.92 Å². The molecule has 1 aromatic carbocycles. The van der Waals surface area contributed by atoms with E-state index in [0.717, 1.165) is 5.56 Å². The number of benzene rings is 1. The van der Waals surface area contributed by atoms with Crippen molar-refractivity contribution in [1.82, 2.24) is 9.88 Å². The fourth-order valence-electron chi connectivity index (χ4n) is 2.90. The number of aromatic nitrogens is 1. The van der Waals surface area contributed by atoms with Crippen molar-refractivity contribution in [3.8, 4) is 0 Å². The average molecular weight is 352 g/mol. The van der Waals surface area contributed by atoms with E-state index in [9.17, 15) is 14.4 Å². The number of nitrogens with zero attached hydrogens (tertiary/aromatic N) is 2. The Balaban J connectivity index is 1.57. The number of nitrogens with one attached hydrogen (secondary N) is 2. The molecule has 2 heterocycles. The summed E-state index contributed by atoms with van der Waals surface area (Å²) in [6, 6.07) is 10.6. The number of rotatable bonds is 5. The summed E-state index contributed by atoms with van der Waals surface area (Å²) < 4.78 is 0. The Kier molecular flexibility index (Phi) is 5.26. The van der Waals surface area contributed by atoms with Crippen molar-refractivity contribution in [1.29, 1.82) is 0 Å². The van der Waals surface area contributed by atoms with Gasteiger partial charge in [0.1, 0.15) is 0 Å². The van der Waals surface area contributed by atoms with Gasteiger partial charge in [-0.2, -0.15) is 0 Å². The molecule has 134 valence electrons. The second kappa shape index (κ2) is 7.77. The first kappa shape index (κ1) is 17.6. The molecule has 26 heavy (non-hydrogen) atoms. The van der Waals surface area contributed by atoms with Gasteiger partial charge in [0, 0.05) is 50.2 Å². The van der Waals surface area contributed by atoms with Crippen LogP contribution in [0.15, 0.2) is 48.8 Å². The van der Waals surface area contributed by atoms with Crippen LogP contribution in [0.25, 0.3) is 0 Å². The minimum Gasteiger partial charge on any atom is -0.337 e. The van der Waals surface area contributed by atoms with Crippen molar-refractivity contribution in [2.24, 2.45) is 5.92 Å². The fourth-order valence-corrected chi connectivity index (χ4v) is 2.90. The van der Waals surface area contributed by atoms with Crippen LogP contribution in [-0.4, -0.2) is 34.2 Å². The molecule has 2 N–H and O–H groups in total. The van der Waals surface area contributed by atoms with Gasteiger partial charge in [0.15, 0.2) is 0 Å². The minimum atomic E-state index is -0.380. The van der Waals surface area contributed by atoms with Gasteiger partial charge in [-0.15, -0.1) is 0 Å². The highest BCUT2D eigenvalue weighted by atomic mass is 16.2. The first-order valence-electron chi connectivity index (χ1n) is 8.36. The zero-order valence-corrected chi connectivity index (χ0v) is 14.4. The van der Waals surface area contributed by atoms with E-state index in [0.29, 0.717) is 24.5 Å². The molecule has 1 fully saturated rings. The number of anilines is 2. The van der Waals surface area contributed by atoms with Crippen molar-refractivity contribution in [2.45, 2.75) is 19.9 Å². The number of carbonyl (C=O) groups excluding carboxylic acids is 3. The van der Waals surface area contributed by atoms with Gasteiger partial charge in [-0.3, -0.25) is 19.4 Å². The molecule has 1 atom stereocenters. The number of likely N-dealkylation sites (tertiary alicyclic amines) is 1. The number of carbonyl (C=O) groups is 3. The lowest BCUT2D eigenvalue weighted by atomic mass is 10.1. The number of pyridine rings is 1. The number of hydrogen-bond donors (Lipinski definition) is 2. The summed E-state index contributed by atoms with van der Waals surface area (Å²) in [6.45, 7) is 2.29. The summed E-state index contributed by atoms with van der Waals surface area (Å²) in [4.78, 5) is 41.4. The maximum absolute atomic E-state index is 12.4. The Labute approximate surface area is 151 Å². The Morgan fingerprint density at radius 2 is 1.85 bits per heavy atom. The van der Waals surface area contributed by atoms with Crippen LogP contribution in [0, 0.1) is 5.92 Å². The first-order chi connectivity index (χ1) is 12.5. The Hall–Kier alpha value is -3.22. The molecule has 3 amide bonds. The first-order valence-corrected chi connectivity index (χ1v) is 8.36. The van der Waals surface area contributed by atoms with Crippen LogP contribution >= 0.6 is 0 Å². The van der Waals surface area contributed by atoms with Crippen molar-refractivity contribution < 1.29 is 14.4 Å². The topological polar surface area (TPSA) is 91.4 Å². The van der Waals surface area contributed by atoms with Gasteiger partial charge in [-0.1, -0.05) is 6.07 Å². The van der Waals surface area contributed by atoms with Gasteiger partial charge < -0.3 is 15.5 Å². The zero-order chi connectivity index (χ0) is 18.5. The van der Waals surface area contributed by atoms with Gasteiger partial charge in [0.05, 0.1) is 5.92 Å². The molecule has 1 aliphatic rings. The SMILES string of the molecule is CC(=O)Nc1ccc(NC(=O)C2CC(=O)N(Cc3cccnc3)C2)cc1. The van der Waals surface area contributed by atoms with Crippen molar-refractivity contribution in [3.05, 3.63) is 54.4 Å². The Morgan fingerprint density at radius 3 is 2.46 bits per heavy atom. The predicted octanol–water partition coefficient (Wildman–Crippen LogP) is 2.03.